The van der Waals surface area contributed by atoms with Gasteiger partial charge in [0.15, 0.2) is 0 Å². The van der Waals surface area contributed by atoms with Crippen molar-refractivity contribution in [1.29, 1.82) is 0 Å². The minimum atomic E-state index is 0.538. The van der Waals surface area contributed by atoms with E-state index in [1.807, 2.05) is 0 Å². The maximum atomic E-state index is 5.07. The van der Waals surface area contributed by atoms with Crippen LogP contribution < -0.4 is 0 Å². The fraction of sp³-hybridized carbons (Fsp3) is 0.938. The Morgan fingerprint density at radius 3 is 2.89 bits per heavy atom. The van der Waals surface area contributed by atoms with E-state index in [4.69, 9.17) is 4.99 Å². The van der Waals surface area contributed by atoms with Gasteiger partial charge in [-0.1, -0.05) is 31.5 Å². The van der Waals surface area contributed by atoms with Crippen LogP contribution in [0.1, 0.15) is 59.3 Å². The van der Waals surface area contributed by atoms with Crippen LogP contribution in [-0.2, 0) is 0 Å². The highest BCUT2D eigenvalue weighted by Crippen LogP contribution is 2.47. The standard InChI is InChI=1S/C16H29BN2/c1-11-9-12(2)19-8-6-13-10-16(3,17)7-4-5-14(13)15(19)18-11/h11-14H,4-10,17H2,1-3H3. The van der Waals surface area contributed by atoms with Gasteiger partial charge in [-0.25, -0.2) is 0 Å². The van der Waals surface area contributed by atoms with Crippen molar-refractivity contribution < 1.29 is 0 Å². The lowest BCUT2D eigenvalue weighted by Gasteiger charge is -2.47. The Balaban J connectivity index is 1.87. The van der Waals surface area contributed by atoms with Gasteiger partial charge >= 0.3 is 0 Å². The molecule has 3 rings (SSSR count). The second-order valence-corrected chi connectivity index (χ2v) is 8.03. The molecule has 0 aromatic carbocycles. The lowest BCUT2D eigenvalue weighted by Crippen LogP contribution is -2.53. The Morgan fingerprint density at radius 1 is 1.32 bits per heavy atom. The van der Waals surface area contributed by atoms with Crippen molar-refractivity contribution in [1.82, 2.24) is 4.90 Å². The summed E-state index contributed by atoms with van der Waals surface area (Å²) in [4.78, 5) is 7.71. The van der Waals surface area contributed by atoms with Crippen molar-refractivity contribution in [3.63, 3.8) is 0 Å². The summed E-state index contributed by atoms with van der Waals surface area (Å²) in [6.07, 6.45) is 8.22. The van der Waals surface area contributed by atoms with E-state index in [2.05, 4.69) is 33.5 Å². The first-order valence-corrected chi connectivity index (χ1v) is 8.30. The highest BCUT2D eigenvalue weighted by atomic mass is 15.2. The molecule has 2 fully saturated rings. The number of hydrogen-bond donors (Lipinski definition) is 0. The summed E-state index contributed by atoms with van der Waals surface area (Å²) >= 11 is 0. The highest BCUT2D eigenvalue weighted by Gasteiger charge is 2.42. The zero-order valence-corrected chi connectivity index (χ0v) is 13.2. The van der Waals surface area contributed by atoms with Gasteiger partial charge in [0.25, 0.3) is 0 Å². The monoisotopic (exact) mass is 260 g/mol. The van der Waals surface area contributed by atoms with E-state index in [0.29, 0.717) is 17.4 Å². The Kier molecular flexibility index (Phi) is 3.43. The molecule has 5 atom stereocenters. The summed E-state index contributed by atoms with van der Waals surface area (Å²) in [6, 6.07) is 1.25. The molecule has 0 aromatic rings. The average Bonchev–Trinajstić information content (AvgIpc) is 2.45. The van der Waals surface area contributed by atoms with Crippen LogP contribution in [0.3, 0.4) is 0 Å². The number of hydrogen-bond acceptors (Lipinski definition) is 2. The predicted molar refractivity (Wildman–Crippen MR) is 84.7 cm³/mol. The molecule has 0 N–H and O–H groups in total. The van der Waals surface area contributed by atoms with Crippen LogP contribution >= 0.6 is 0 Å². The summed E-state index contributed by atoms with van der Waals surface area (Å²) in [5, 5.41) is 0.550. The molecular formula is C16H29BN2. The van der Waals surface area contributed by atoms with Gasteiger partial charge in [-0.15, -0.1) is 0 Å². The number of amidine groups is 1. The molecule has 106 valence electrons. The molecule has 3 heteroatoms. The van der Waals surface area contributed by atoms with Crippen LogP contribution in [0.15, 0.2) is 4.99 Å². The lowest BCUT2D eigenvalue weighted by molar-refractivity contribution is 0.181. The molecular weight excluding hydrogens is 231 g/mol. The third kappa shape index (κ3) is 2.58. The van der Waals surface area contributed by atoms with E-state index < -0.39 is 0 Å². The van der Waals surface area contributed by atoms with Crippen LogP contribution in [-0.4, -0.2) is 37.2 Å². The highest BCUT2D eigenvalue weighted by molar-refractivity contribution is 6.14. The molecule has 2 nitrogen and oxygen atoms in total. The number of aliphatic imine (C=N–C) groups is 1. The Morgan fingerprint density at radius 2 is 2.11 bits per heavy atom. The zero-order chi connectivity index (χ0) is 13.6. The number of piperidine rings is 1. The summed E-state index contributed by atoms with van der Waals surface area (Å²) < 4.78 is 0. The van der Waals surface area contributed by atoms with Crippen LogP contribution in [0, 0.1) is 11.8 Å². The molecule has 19 heavy (non-hydrogen) atoms. The van der Waals surface area contributed by atoms with Crippen molar-refractivity contribution in [3.05, 3.63) is 0 Å². The number of rotatable bonds is 0. The summed E-state index contributed by atoms with van der Waals surface area (Å²) in [7, 11) is 2.47. The summed E-state index contributed by atoms with van der Waals surface area (Å²) in [5.41, 5.74) is 0. The van der Waals surface area contributed by atoms with E-state index in [-0.39, 0.29) is 0 Å². The second kappa shape index (κ2) is 4.82. The van der Waals surface area contributed by atoms with Crippen molar-refractivity contribution in [2.45, 2.75) is 76.7 Å². The summed E-state index contributed by atoms with van der Waals surface area (Å²) in [6.45, 7) is 8.41. The first-order valence-electron chi connectivity index (χ1n) is 8.30. The molecule has 3 aliphatic rings. The van der Waals surface area contributed by atoms with Crippen molar-refractivity contribution >= 4 is 13.7 Å². The van der Waals surface area contributed by atoms with Crippen LogP contribution in [0.2, 0.25) is 5.31 Å². The molecule has 2 heterocycles. The second-order valence-electron chi connectivity index (χ2n) is 8.03. The normalized spacial score (nSPS) is 46.9. The van der Waals surface area contributed by atoms with Crippen molar-refractivity contribution in [2.24, 2.45) is 16.8 Å². The van der Waals surface area contributed by atoms with Gasteiger partial charge in [0.1, 0.15) is 13.7 Å². The van der Waals surface area contributed by atoms with Gasteiger partial charge in [-0.05, 0) is 39.0 Å². The van der Waals surface area contributed by atoms with Crippen LogP contribution in [0.25, 0.3) is 0 Å². The molecule has 0 bridgehead atoms. The Bertz CT molecular complexity index is 377. The molecule has 1 saturated heterocycles. The Labute approximate surface area is 119 Å². The van der Waals surface area contributed by atoms with Crippen LogP contribution in [0.4, 0.5) is 0 Å². The average molecular weight is 260 g/mol. The van der Waals surface area contributed by atoms with Crippen LogP contribution in [0.5, 0.6) is 0 Å². The number of nitrogens with zero attached hydrogens (tertiary/aromatic N) is 2. The zero-order valence-electron chi connectivity index (χ0n) is 13.2. The SMILES string of the molecule is BC1(C)CCCC2C3=NC(C)CC(C)N3CCC2C1. The maximum absolute atomic E-state index is 5.07. The van der Waals surface area contributed by atoms with Gasteiger partial charge in [-0.2, -0.15) is 0 Å². The van der Waals surface area contributed by atoms with E-state index in [1.54, 1.807) is 0 Å². The Hall–Kier alpha value is -0.465. The third-order valence-electron chi connectivity index (χ3n) is 5.69. The summed E-state index contributed by atoms with van der Waals surface area (Å²) in [5.74, 6) is 3.14. The molecule has 0 amide bonds. The van der Waals surface area contributed by atoms with Gasteiger partial charge < -0.3 is 4.90 Å². The van der Waals surface area contributed by atoms with Gasteiger partial charge in [-0.3, -0.25) is 4.99 Å². The van der Waals surface area contributed by atoms with E-state index >= 15 is 0 Å². The smallest absolute Gasteiger partial charge is 0.109 e. The molecule has 5 unspecified atom stereocenters. The minimum Gasteiger partial charge on any atom is -0.357 e. The first-order chi connectivity index (χ1) is 8.96. The molecule has 0 aromatic heterocycles. The lowest BCUT2D eigenvalue weighted by atomic mass is 9.62. The van der Waals surface area contributed by atoms with E-state index in [0.717, 1.165) is 11.8 Å². The third-order valence-corrected chi connectivity index (χ3v) is 5.69. The topological polar surface area (TPSA) is 15.6 Å². The van der Waals surface area contributed by atoms with Gasteiger partial charge in [0, 0.05) is 18.5 Å². The predicted octanol–water partition coefficient (Wildman–Crippen LogP) is 2.89. The van der Waals surface area contributed by atoms with Gasteiger partial charge in [0.05, 0.1) is 6.04 Å². The molecule has 0 radical (unpaired) electrons. The fourth-order valence-corrected chi connectivity index (χ4v) is 4.78. The van der Waals surface area contributed by atoms with E-state index in [9.17, 15) is 0 Å². The van der Waals surface area contributed by atoms with Crippen molar-refractivity contribution in [3.8, 4) is 0 Å². The quantitative estimate of drug-likeness (QED) is 0.611. The maximum Gasteiger partial charge on any atom is 0.109 e. The number of fused-ring (bicyclic) bond motifs is 3. The molecule has 2 aliphatic heterocycles. The first kappa shape index (κ1) is 13.5. The fourth-order valence-electron chi connectivity index (χ4n) is 4.78. The molecule has 1 saturated carbocycles. The van der Waals surface area contributed by atoms with Gasteiger partial charge in [0.2, 0.25) is 0 Å². The minimum absolute atomic E-state index is 0.538. The molecule has 0 spiro atoms. The largest absolute Gasteiger partial charge is 0.357 e. The molecule has 1 aliphatic carbocycles. The van der Waals surface area contributed by atoms with Crippen molar-refractivity contribution in [2.75, 3.05) is 6.54 Å². The van der Waals surface area contributed by atoms with E-state index in [1.165, 1.54) is 50.9 Å².